The minimum Gasteiger partial charge on any atom is -0.370 e. The number of H-pyrrole nitrogens is 1. The van der Waals surface area contributed by atoms with Crippen molar-refractivity contribution in [3.63, 3.8) is 0 Å². The Labute approximate surface area is 197 Å². The summed E-state index contributed by atoms with van der Waals surface area (Å²) < 4.78 is 19.9. The Morgan fingerprint density at radius 3 is 2.79 bits per heavy atom. The maximum absolute atomic E-state index is 14.2. The third kappa shape index (κ3) is 4.50. The quantitative estimate of drug-likeness (QED) is 0.265. The van der Waals surface area contributed by atoms with Crippen molar-refractivity contribution in [2.45, 2.75) is 28.7 Å². The van der Waals surface area contributed by atoms with Crippen molar-refractivity contribution < 1.29 is 18.8 Å². The van der Waals surface area contributed by atoms with Crippen LogP contribution in [0.2, 0.25) is 0 Å². The summed E-state index contributed by atoms with van der Waals surface area (Å²) in [5.41, 5.74) is 1.83. The molecule has 2 heterocycles. The van der Waals surface area contributed by atoms with Crippen molar-refractivity contribution in [3.8, 4) is 0 Å². The van der Waals surface area contributed by atoms with E-state index in [0.29, 0.717) is 22.1 Å². The number of nitro benzene ring substituents is 1. The minimum absolute atomic E-state index is 0.0618. The number of amides is 1. The zero-order valence-corrected chi connectivity index (χ0v) is 18.6. The number of non-ortho nitro benzene ring substituents is 1. The molecule has 10 heteroatoms. The van der Waals surface area contributed by atoms with Crippen LogP contribution in [0.25, 0.3) is 11.0 Å². The lowest BCUT2D eigenvalue weighted by molar-refractivity contribution is -0.384. The SMILES string of the molecule is O=C(Nc1ccc2nc(C3CCCO3)[nH]c2c1)c1cc([N+](=O)[O-])ccc1Sc1ccccc1F. The Bertz CT molecular complexity index is 1400. The molecule has 0 aliphatic carbocycles. The topological polar surface area (TPSA) is 110 Å². The predicted octanol–water partition coefficient (Wildman–Crippen LogP) is 5.87. The molecule has 8 nitrogen and oxygen atoms in total. The standard InChI is InChI=1S/C24H19FN4O4S/c25-17-4-1-2-6-22(17)34-21-10-8-15(29(31)32)13-16(21)24(30)26-14-7-9-18-19(12-14)28-23(27-18)20-5-3-11-33-20/h1-2,4,6-10,12-13,20H,3,5,11H2,(H,26,30)(H,27,28). The summed E-state index contributed by atoms with van der Waals surface area (Å²) in [5.74, 6) is -0.233. The van der Waals surface area contributed by atoms with E-state index in [1.54, 1.807) is 36.4 Å². The summed E-state index contributed by atoms with van der Waals surface area (Å²) >= 11 is 1.03. The van der Waals surface area contributed by atoms with E-state index in [1.807, 2.05) is 0 Å². The van der Waals surface area contributed by atoms with Gasteiger partial charge >= 0.3 is 0 Å². The number of fused-ring (bicyclic) bond motifs is 1. The lowest BCUT2D eigenvalue weighted by atomic mass is 10.1. The highest BCUT2D eigenvalue weighted by atomic mass is 32.2. The molecule has 2 N–H and O–H groups in total. The van der Waals surface area contributed by atoms with Crippen molar-refractivity contribution in [3.05, 3.63) is 88.0 Å². The van der Waals surface area contributed by atoms with Crippen molar-refractivity contribution in [2.24, 2.45) is 0 Å². The second-order valence-electron chi connectivity index (χ2n) is 7.78. The first kappa shape index (κ1) is 22.1. The van der Waals surface area contributed by atoms with Gasteiger partial charge in [-0.25, -0.2) is 9.37 Å². The van der Waals surface area contributed by atoms with E-state index in [2.05, 4.69) is 15.3 Å². The number of anilines is 1. The van der Waals surface area contributed by atoms with E-state index in [4.69, 9.17) is 4.74 Å². The first-order valence-corrected chi connectivity index (χ1v) is 11.4. The summed E-state index contributed by atoms with van der Waals surface area (Å²) in [5, 5.41) is 14.1. The minimum atomic E-state index is -0.572. The Kier molecular flexibility index (Phi) is 5.99. The number of nitrogens with one attached hydrogen (secondary N) is 2. The number of carbonyl (C=O) groups excluding carboxylic acids is 1. The largest absolute Gasteiger partial charge is 0.370 e. The van der Waals surface area contributed by atoms with Crippen LogP contribution in [0.1, 0.15) is 35.1 Å². The van der Waals surface area contributed by atoms with Crippen molar-refractivity contribution in [1.82, 2.24) is 9.97 Å². The number of carbonyl (C=O) groups is 1. The number of ether oxygens (including phenoxy) is 1. The highest BCUT2D eigenvalue weighted by Gasteiger charge is 2.22. The van der Waals surface area contributed by atoms with Crippen LogP contribution in [0.15, 0.2) is 70.5 Å². The second kappa shape index (κ2) is 9.24. The van der Waals surface area contributed by atoms with Crippen LogP contribution < -0.4 is 5.32 Å². The number of rotatable bonds is 6. The molecule has 172 valence electrons. The van der Waals surface area contributed by atoms with Gasteiger partial charge in [0.15, 0.2) is 0 Å². The van der Waals surface area contributed by atoms with Gasteiger partial charge < -0.3 is 15.0 Å². The number of imidazole rings is 1. The predicted molar refractivity (Wildman–Crippen MR) is 126 cm³/mol. The number of aromatic nitrogens is 2. The maximum atomic E-state index is 14.2. The lowest BCUT2D eigenvalue weighted by Gasteiger charge is -2.11. The van der Waals surface area contributed by atoms with E-state index in [9.17, 15) is 19.3 Å². The van der Waals surface area contributed by atoms with Gasteiger partial charge in [0.25, 0.3) is 11.6 Å². The van der Waals surface area contributed by atoms with Gasteiger partial charge in [0.05, 0.1) is 21.5 Å². The summed E-state index contributed by atoms with van der Waals surface area (Å²) in [4.78, 5) is 32.4. The molecular weight excluding hydrogens is 459 g/mol. The summed E-state index contributed by atoms with van der Waals surface area (Å²) in [6.45, 7) is 0.708. The average molecular weight is 479 g/mol. The number of hydrogen-bond donors (Lipinski definition) is 2. The Morgan fingerprint density at radius 1 is 1.18 bits per heavy atom. The van der Waals surface area contributed by atoms with Gasteiger partial charge in [-0.2, -0.15) is 0 Å². The fourth-order valence-corrected chi connectivity index (χ4v) is 4.74. The number of benzene rings is 3. The van der Waals surface area contributed by atoms with Gasteiger partial charge in [0.1, 0.15) is 17.7 Å². The fourth-order valence-electron chi connectivity index (χ4n) is 3.80. The molecule has 0 saturated carbocycles. The number of halogens is 1. The highest BCUT2D eigenvalue weighted by Crippen LogP contribution is 2.35. The molecule has 1 fully saturated rings. The van der Waals surface area contributed by atoms with Gasteiger partial charge in [-0.05, 0) is 49.2 Å². The van der Waals surface area contributed by atoms with Crippen molar-refractivity contribution >= 4 is 40.1 Å². The molecular formula is C24H19FN4O4S. The molecule has 0 bridgehead atoms. The van der Waals surface area contributed by atoms with Crippen LogP contribution in [0, 0.1) is 15.9 Å². The van der Waals surface area contributed by atoms with Crippen LogP contribution in [-0.2, 0) is 4.74 Å². The Hall–Kier alpha value is -3.76. The molecule has 1 saturated heterocycles. The van der Waals surface area contributed by atoms with E-state index < -0.39 is 16.6 Å². The smallest absolute Gasteiger partial charge is 0.270 e. The fraction of sp³-hybridized carbons (Fsp3) is 0.167. The number of nitrogens with zero attached hydrogens (tertiary/aromatic N) is 2. The lowest BCUT2D eigenvalue weighted by Crippen LogP contribution is -2.13. The van der Waals surface area contributed by atoms with E-state index >= 15 is 0 Å². The number of nitro groups is 1. The third-order valence-electron chi connectivity index (χ3n) is 5.47. The molecule has 4 aromatic rings. The van der Waals surface area contributed by atoms with Crippen molar-refractivity contribution in [1.29, 1.82) is 0 Å². The molecule has 34 heavy (non-hydrogen) atoms. The van der Waals surface area contributed by atoms with Gasteiger partial charge in [-0.15, -0.1) is 0 Å². The number of hydrogen-bond acceptors (Lipinski definition) is 6. The van der Waals surface area contributed by atoms with Gasteiger partial charge in [0.2, 0.25) is 0 Å². The van der Waals surface area contributed by atoms with Crippen LogP contribution in [0.5, 0.6) is 0 Å². The Balaban J connectivity index is 1.43. The molecule has 0 spiro atoms. The molecule has 1 aliphatic rings. The molecule has 1 atom stereocenters. The molecule has 3 aromatic carbocycles. The van der Waals surface area contributed by atoms with Gasteiger partial charge in [-0.3, -0.25) is 14.9 Å². The molecule has 1 amide bonds. The van der Waals surface area contributed by atoms with Gasteiger partial charge in [0, 0.05) is 34.2 Å². The van der Waals surface area contributed by atoms with E-state index in [-0.39, 0.29) is 17.4 Å². The molecule has 1 unspecified atom stereocenters. The van der Waals surface area contributed by atoms with E-state index in [1.165, 1.54) is 24.3 Å². The van der Waals surface area contributed by atoms with Crippen LogP contribution in [-0.4, -0.2) is 27.4 Å². The molecule has 0 radical (unpaired) electrons. The summed E-state index contributed by atoms with van der Waals surface area (Å²) in [6, 6.07) is 15.3. The molecule has 1 aliphatic heterocycles. The van der Waals surface area contributed by atoms with Crippen molar-refractivity contribution in [2.75, 3.05) is 11.9 Å². The number of aromatic amines is 1. The average Bonchev–Trinajstić information content (AvgIpc) is 3.50. The summed E-state index contributed by atoms with van der Waals surface area (Å²) in [7, 11) is 0. The van der Waals surface area contributed by atoms with Gasteiger partial charge in [-0.1, -0.05) is 23.9 Å². The normalized spacial score (nSPS) is 15.5. The van der Waals surface area contributed by atoms with Crippen LogP contribution >= 0.6 is 11.8 Å². The van der Waals surface area contributed by atoms with Crippen LogP contribution in [0.3, 0.4) is 0 Å². The zero-order valence-electron chi connectivity index (χ0n) is 17.8. The highest BCUT2D eigenvalue weighted by molar-refractivity contribution is 7.99. The first-order chi connectivity index (χ1) is 16.5. The second-order valence-corrected chi connectivity index (χ2v) is 8.86. The third-order valence-corrected chi connectivity index (χ3v) is 6.59. The monoisotopic (exact) mass is 478 g/mol. The van der Waals surface area contributed by atoms with Crippen LogP contribution in [0.4, 0.5) is 15.8 Å². The Morgan fingerprint density at radius 2 is 2.03 bits per heavy atom. The first-order valence-electron chi connectivity index (χ1n) is 10.6. The zero-order chi connectivity index (χ0) is 23.7. The van der Waals surface area contributed by atoms with E-state index in [0.717, 1.165) is 41.5 Å². The molecule has 1 aromatic heterocycles. The summed E-state index contributed by atoms with van der Waals surface area (Å²) in [6.07, 6.45) is 1.83. The maximum Gasteiger partial charge on any atom is 0.270 e. The molecule has 5 rings (SSSR count).